The molecule has 0 heterocycles. The molecule has 0 fully saturated rings. The number of hydrogen-bond donors (Lipinski definition) is 0. The van der Waals surface area contributed by atoms with Gasteiger partial charge in [0.15, 0.2) is 0 Å². The monoisotopic (exact) mass is 269 g/mol. The Morgan fingerprint density at radius 3 is 2.25 bits per heavy atom. The molecule has 0 aromatic carbocycles. The van der Waals surface area contributed by atoms with Crippen LogP contribution in [-0.2, 0) is 4.79 Å². The summed E-state index contributed by atoms with van der Waals surface area (Å²) < 4.78 is 3.16. The molecule has 0 aliphatic carbocycles. The minimum absolute atomic E-state index is 0.0745. The summed E-state index contributed by atoms with van der Waals surface area (Å²) in [5.74, 6) is 0. The van der Waals surface area contributed by atoms with E-state index in [2.05, 4.69) is 0.524 Å². The van der Waals surface area contributed by atoms with Crippen LogP contribution < -0.4 is 0 Å². The zero-order valence-electron chi connectivity index (χ0n) is 2.36. The van der Waals surface area contributed by atoms with Gasteiger partial charge in [0.1, 0.15) is 0 Å². The van der Waals surface area contributed by atoms with Crippen LogP contribution in [-0.4, -0.2) is 6.08 Å². The normalized spacial score (nSPS) is 3.75. The van der Waals surface area contributed by atoms with E-state index >= 15 is 0 Å². The second-order valence-electron chi connectivity index (χ2n) is 0.315. The standard InChI is InChI=1S/CNO.Ra.H/c2-1-3;;/q-1;+1;. The van der Waals surface area contributed by atoms with Crippen LogP contribution in [0.15, 0.2) is 0.524 Å². The molecule has 0 atom stereocenters. The van der Waals surface area contributed by atoms with E-state index < -0.39 is 0 Å². The number of nitrogens with zero attached hydrogens (tertiary/aromatic N) is 1. The number of isocyanates is 1. The molecule has 0 unspecified atom stereocenters. The van der Waals surface area contributed by atoms with E-state index in [9.17, 15) is 0 Å². The SMILES string of the molecule is O=C=[N][RaH]. The average molecular weight is 269 g/mol. The molecule has 0 aliphatic rings. The first-order chi connectivity index (χ1) is 1.91. The first-order valence-electron chi connectivity index (χ1n) is 0.875. The summed E-state index contributed by atoms with van der Waals surface area (Å²) in [6, 6.07) is 0. The van der Waals surface area contributed by atoms with E-state index in [1.165, 1.54) is 6.08 Å². The van der Waals surface area contributed by atoms with Gasteiger partial charge in [-0.25, -0.2) is 0 Å². The van der Waals surface area contributed by atoms with Crippen LogP contribution >= 0.6 is 0 Å². The summed E-state index contributed by atoms with van der Waals surface area (Å²) in [6.07, 6.45) is 1.41. The van der Waals surface area contributed by atoms with Gasteiger partial charge in [-0.1, -0.05) is 0 Å². The van der Waals surface area contributed by atoms with E-state index in [0.29, 0.717) is 0 Å². The molecule has 0 saturated carbocycles. The van der Waals surface area contributed by atoms with Gasteiger partial charge >= 0.3 is 54.6 Å². The van der Waals surface area contributed by atoms with Crippen molar-refractivity contribution in [1.29, 1.82) is 0 Å². The van der Waals surface area contributed by atoms with Crippen molar-refractivity contribution in [2.45, 2.75) is 0 Å². The molecule has 18 valence electrons. The molecule has 0 radical (unpaired) electrons. The topological polar surface area (TPSA) is 29.4 Å². The maximum atomic E-state index is 8.94. The Hall–Kier alpha value is 0.848. The first kappa shape index (κ1) is 4.85. The predicted octanol–water partition coefficient (Wildman–Crippen LogP) is -0.481. The summed E-state index contributed by atoms with van der Waals surface area (Å²) in [5, 5.41) is 0. The van der Waals surface area contributed by atoms with E-state index in [0.717, 1.165) is 0 Å². The molecule has 0 aromatic rings. The van der Waals surface area contributed by atoms with Crippen LogP contribution in [0.25, 0.3) is 0 Å². The van der Waals surface area contributed by atoms with Crippen LogP contribution in [0.4, 0.5) is 0 Å². The number of rotatable bonds is 0. The molecule has 0 saturated heterocycles. The Balaban J connectivity index is 3.11. The molecule has 0 N–H and O–H groups in total. The number of carbonyl (C=O) groups excluding carboxylic acids is 1. The van der Waals surface area contributed by atoms with Gasteiger partial charge in [0.05, 0.1) is 0 Å². The first-order valence-corrected chi connectivity index (χ1v) is 4.55. The van der Waals surface area contributed by atoms with E-state index in [1.807, 2.05) is 0 Å². The van der Waals surface area contributed by atoms with Crippen LogP contribution in [0.1, 0.15) is 0 Å². The van der Waals surface area contributed by atoms with Gasteiger partial charge in [0.25, 0.3) is 0 Å². The van der Waals surface area contributed by atoms with Crippen molar-refractivity contribution in [1.82, 2.24) is 0 Å². The molecule has 0 aromatic heterocycles. The summed E-state index contributed by atoms with van der Waals surface area (Å²) >= 11 is 0.0745. The third kappa shape index (κ3) is 2.85. The molecular formula is CHNORa. The molecule has 0 rings (SSSR count). The summed E-state index contributed by atoms with van der Waals surface area (Å²) in [6.45, 7) is 0. The molecular weight excluding hydrogens is 268 g/mol. The summed E-state index contributed by atoms with van der Waals surface area (Å²) in [5.41, 5.74) is 0. The van der Waals surface area contributed by atoms with Crippen LogP contribution in [0.5, 0.6) is 0 Å². The summed E-state index contributed by atoms with van der Waals surface area (Å²) in [7, 11) is 0. The predicted molar refractivity (Wildman–Crippen MR) is 9.52 cm³/mol. The van der Waals surface area contributed by atoms with Crippen molar-refractivity contribution in [3.8, 4) is 0 Å². The zero-order valence-corrected chi connectivity index (χ0v) is 10.6. The second-order valence-corrected chi connectivity index (χ2v) is 2.15. The van der Waals surface area contributed by atoms with Gasteiger partial charge < -0.3 is 0 Å². The molecule has 4 heavy (non-hydrogen) atoms. The third-order valence-corrected chi connectivity index (χ3v) is 0.842. The van der Waals surface area contributed by atoms with E-state index in [1.54, 1.807) is 0 Å². The molecule has 0 aliphatic heterocycles. The molecule has 3 heteroatoms. The van der Waals surface area contributed by atoms with Crippen molar-refractivity contribution in [3.05, 3.63) is 0 Å². The fourth-order valence-electron chi connectivity index (χ4n) is 0. The van der Waals surface area contributed by atoms with Crippen molar-refractivity contribution in [2.75, 3.05) is 0 Å². The molecule has 0 bridgehead atoms. The Kier molecular flexibility index (Phi) is 4.66. The number of hydrogen-bond acceptors (Lipinski definition) is 2. The van der Waals surface area contributed by atoms with Crippen molar-refractivity contribution < 1.29 is 48.0 Å². The van der Waals surface area contributed by atoms with Crippen LogP contribution in [0.2, 0.25) is 0 Å². The van der Waals surface area contributed by atoms with Crippen molar-refractivity contribution in [3.63, 3.8) is 0 Å². The van der Waals surface area contributed by atoms with Gasteiger partial charge in [0, 0.05) is 0 Å². The Bertz CT molecular complexity index is 46.0. The van der Waals surface area contributed by atoms with Crippen molar-refractivity contribution >= 4 is 6.08 Å². The van der Waals surface area contributed by atoms with E-state index in [-0.39, 0.29) is 43.2 Å². The van der Waals surface area contributed by atoms with Gasteiger partial charge in [-0.2, -0.15) is 0 Å². The van der Waals surface area contributed by atoms with Gasteiger partial charge in [0.2, 0.25) is 0 Å². The van der Waals surface area contributed by atoms with Crippen LogP contribution in [0.3, 0.4) is 0 Å². The molecule has 0 spiro atoms. The average Bonchev–Trinajstić information content (AvgIpc) is 1.37. The Morgan fingerprint density at radius 1 is 2.00 bits per heavy atom. The second kappa shape index (κ2) is 3.85. The van der Waals surface area contributed by atoms with Crippen molar-refractivity contribution in [2.24, 2.45) is 0.524 Å². The molecule has 2 nitrogen and oxygen atoms in total. The minimum atomic E-state index is 0.0745. The quantitative estimate of drug-likeness (QED) is 0.431. The molecule has 0 amide bonds. The maximum absolute atomic E-state index is 8.94. The summed E-state index contributed by atoms with van der Waals surface area (Å²) in [4.78, 5) is 8.94. The Labute approximate surface area is 53.8 Å². The van der Waals surface area contributed by atoms with E-state index in [4.69, 9.17) is 4.79 Å². The van der Waals surface area contributed by atoms with Crippen LogP contribution in [0, 0.1) is 43.2 Å². The zero-order chi connectivity index (χ0) is 3.41. The van der Waals surface area contributed by atoms with Gasteiger partial charge in [-0.3, -0.25) is 0 Å². The third-order valence-electron chi connectivity index (χ3n) is 0.0913. The Morgan fingerprint density at radius 2 is 2.25 bits per heavy atom. The fraction of sp³-hybridized carbons (Fsp3) is 0. The van der Waals surface area contributed by atoms with Gasteiger partial charge in [-0.15, -0.1) is 0 Å². The van der Waals surface area contributed by atoms with Gasteiger partial charge in [-0.05, 0) is 0 Å². The fourth-order valence-corrected chi connectivity index (χ4v) is 0.